The number of methoxy groups -OCH3 is 1. The molecule has 3 rings (SSSR count). The van der Waals surface area contributed by atoms with Gasteiger partial charge in [0.1, 0.15) is 5.75 Å². The number of benzene rings is 2. The van der Waals surface area contributed by atoms with Crippen molar-refractivity contribution in [3.63, 3.8) is 0 Å². The van der Waals surface area contributed by atoms with Crippen molar-refractivity contribution in [1.82, 2.24) is 10.3 Å². The summed E-state index contributed by atoms with van der Waals surface area (Å²) >= 11 is 0. The molecule has 0 aliphatic rings. The molecule has 0 bridgehead atoms. The molecule has 0 unspecified atom stereocenters. The zero-order chi connectivity index (χ0) is 17.1. The number of aromatic amines is 1. The van der Waals surface area contributed by atoms with Crippen LogP contribution in [0.25, 0.3) is 10.9 Å². The Morgan fingerprint density at radius 3 is 2.71 bits per heavy atom. The van der Waals surface area contributed by atoms with Gasteiger partial charge in [-0.1, -0.05) is 6.07 Å². The lowest BCUT2D eigenvalue weighted by atomic mass is 10.1. The molecule has 124 valence electrons. The van der Waals surface area contributed by atoms with E-state index in [1.807, 2.05) is 56.4 Å². The number of carbonyl (C=O) groups is 1. The summed E-state index contributed by atoms with van der Waals surface area (Å²) in [7, 11) is 1.66. The Bertz CT molecular complexity index is 880. The van der Waals surface area contributed by atoms with Crippen molar-refractivity contribution in [1.29, 1.82) is 0 Å². The molecule has 0 spiro atoms. The number of carbonyl (C=O) groups excluding carboxylic acids is 1. The zero-order valence-electron chi connectivity index (χ0n) is 14.3. The van der Waals surface area contributed by atoms with E-state index in [2.05, 4.69) is 10.3 Å². The summed E-state index contributed by atoms with van der Waals surface area (Å²) in [5, 5.41) is 4.13. The fraction of sp³-hybridized carbons (Fsp3) is 0.250. The summed E-state index contributed by atoms with van der Waals surface area (Å²) in [6.45, 7) is 4.66. The quantitative estimate of drug-likeness (QED) is 0.751. The maximum atomic E-state index is 12.3. The van der Waals surface area contributed by atoms with Gasteiger partial charge in [0.15, 0.2) is 0 Å². The van der Waals surface area contributed by atoms with E-state index in [1.165, 1.54) is 11.1 Å². The minimum Gasteiger partial charge on any atom is -0.497 e. The molecule has 4 heteroatoms. The van der Waals surface area contributed by atoms with Gasteiger partial charge in [0.05, 0.1) is 7.11 Å². The van der Waals surface area contributed by atoms with Crippen LogP contribution in [0.1, 0.15) is 27.0 Å². The SMILES string of the molecule is COc1ccc2[nH]cc(CCNC(=O)c3ccc(C)c(C)c3)c2c1. The van der Waals surface area contributed by atoms with Crippen molar-refractivity contribution in [3.05, 3.63) is 64.8 Å². The van der Waals surface area contributed by atoms with E-state index in [9.17, 15) is 4.79 Å². The number of H-pyrrole nitrogens is 1. The first-order chi connectivity index (χ1) is 11.6. The Balaban J connectivity index is 1.65. The van der Waals surface area contributed by atoms with Crippen LogP contribution in [0.2, 0.25) is 0 Å². The van der Waals surface area contributed by atoms with Crippen molar-refractivity contribution in [2.75, 3.05) is 13.7 Å². The number of aryl methyl sites for hydroxylation is 2. The lowest BCUT2D eigenvalue weighted by molar-refractivity contribution is 0.0954. The van der Waals surface area contributed by atoms with Gasteiger partial charge in [-0.25, -0.2) is 0 Å². The third-order valence-electron chi connectivity index (χ3n) is 4.42. The molecule has 0 fully saturated rings. The maximum absolute atomic E-state index is 12.3. The average molecular weight is 322 g/mol. The minimum absolute atomic E-state index is 0.0319. The van der Waals surface area contributed by atoms with Crippen LogP contribution in [-0.4, -0.2) is 24.5 Å². The molecular weight excluding hydrogens is 300 g/mol. The third-order valence-corrected chi connectivity index (χ3v) is 4.42. The highest BCUT2D eigenvalue weighted by molar-refractivity contribution is 5.94. The Labute approximate surface area is 141 Å². The molecule has 0 saturated heterocycles. The Kier molecular flexibility index (Phi) is 4.56. The van der Waals surface area contributed by atoms with Crippen LogP contribution in [0.3, 0.4) is 0 Å². The van der Waals surface area contributed by atoms with E-state index in [4.69, 9.17) is 4.74 Å². The van der Waals surface area contributed by atoms with Crippen LogP contribution in [0.5, 0.6) is 5.75 Å². The number of aromatic nitrogens is 1. The largest absolute Gasteiger partial charge is 0.497 e. The average Bonchev–Trinajstić information content (AvgIpc) is 2.99. The van der Waals surface area contributed by atoms with Gasteiger partial charge in [-0.15, -0.1) is 0 Å². The molecule has 0 saturated carbocycles. The van der Waals surface area contributed by atoms with Crippen LogP contribution in [0.15, 0.2) is 42.6 Å². The summed E-state index contributed by atoms with van der Waals surface area (Å²) in [5.74, 6) is 0.804. The summed E-state index contributed by atoms with van der Waals surface area (Å²) in [6, 6.07) is 11.7. The molecule has 0 radical (unpaired) electrons. The Morgan fingerprint density at radius 2 is 1.96 bits per heavy atom. The van der Waals surface area contributed by atoms with Crippen molar-refractivity contribution in [2.45, 2.75) is 20.3 Å². The van der Waals surface area contributed by atoms with E-state index in [-0.39, 0.29) is 5.91 Å². The number of fused-ring (bicyclic) bond motifs is 1. The van der Waals surface area contributed by atoms with E-state index in [1.54, 1.807) is 7.11 Å². The van der Waals surface area contributed by atoms with Gasteiger partial charge >= 0.3 is 0 Å². The van der Waals surface area contributed by atoms with Crippen LogP contribution >= 0.6 is 0 Å². The molecular formula is C20H22N2O2. The number of hydrogen-bond acceptors (Lipinski definition) is 2. The highest BCUT2D eigenvalue weighted by Gasteiger charge is 2.08. The molecule has 1 heterocycles. The van der Waals surface area contributed by atoms with Crippen molar-refractivity contribution in [2.24, 2.45) is 0 Å². The van der Waals surface area contributed by atoms with Crippen LogP contribution < -0.4 is 10.1 Å². The smallest absolute Gasteiger partial charge is 0.251 e. The first-order valence-electron chi connectivity index (χ1n) is 8.08. The molecule has 0 atom stereocenters. The van der Waals surface area contributed by atoms with Crippen molar-refractivity contribution < 1.29 is 9.53 Å². The second-order valence-electron chi connectivity index (χ2n) is 6.03. The van der Waals surface area contributed by atoms with Gasteiger partial charge in [0.25, 0.3) is 5.91 Å². The van der Waals surface area contributed by atoms with E-state index in [0.29, 0.717) is 12.1 Å². The molecule has 2 N–H and O–H groups in total. The van der Waals surface area contributed by atoms with Gasteiger partial charge in [-0.3, -0.25) is 4.79 Å². The molecule has 0 aliphatic heterocycles. The standard InChI is InChI=1S/C20H22N2O2/c1-13-4-5-15(10-14(13)2)20(23)21-9-8-16-12-22-19-7-6-17(24-3)11-18(16)19/h4-7,10-12,22H,8-9H2,1-3H3,(H,21,23). The molecule has 0 aliphatic carbocycles. The number of nitrogens with one attached hydrogen (secondary N) is 2. The summed E-state index contributed by atoms with van der Waals surface area (Å²) in [5.41, 5.74) is 5.28. The number of ether oxygens (including phenoxy) is 1. The highest BCUT2D eigenvalue weighted by atomic mass is 16.5. The summed E-state index contributed by atoms with van der Waals surface area (Å²) in [6.07, 6.45) is 2.76. The minimum atomic E-state index is -0.0319. The van der Waals surface area contributed by atoms with Crippen LogP contribution in [-0.2, 0) is 6.42 Å². The second kappa shape index (κ2) is 6.79. The molecule has 1 aromatic heterocycles. The third kappa shape index (κ3) is 3.27. The lowest BCUT2D eigenvalue weighted by Gasteiger charge is -2.07. The highest BCUT2D eigenvalue weighted by Crippen LogP contribution is 2.23. The summed E-state index contributed by atoms with van der Waals surface area (Å²) in [4.78, 5) is 15.5. The topological polar surface area (TPSA) is 54.1 Å². The molecule has 2 aromatic carbocycles. The van der Waals surface area contributed by atoms with Gasteiger partial charge in [-0.2, -0.15) is 0 Å². The van der Waals surface area contributed by atoms with Gasteiger partial charge < -0.3 is 15.0 Å². The lowest BCUT2D eigenvalue weighted by Crippen LogP contribution is -2.25. The van der Waals surface area contributed by atoms with E-state index < -0.39 is 0 Å². The monoisotopic (exact) mass is 322 g/mol. The van der Waals surface area contributed by atoms with Crippen LogP contribution in [0.4, 0.5) is 0 Å². The Morgan fingerprint density at radius 1 is 1.12 bits per heavy atom. The van der Waals surface area contributed by atoms with Gasteiger partial charge in [0, 0.05) is 29.2 Å². The van der Waals surface area contributed by atoms with Crippen molar-refractivity contribution in [3.8, 4) is 5.75 Å². The first kappa shape index (κ1) is 16.1. The predicted molar refractivity (Wildman–Crippen MR) is 96.8 cm³/mol. The number of hydrogen-bond donors (Lipinski definition) is 2. The zero-order valence-corrected chi connectivity index (χ0v) is 14.3. The Hall–Kier alpha value is -2.75. The fourth-order valence-corrected chi connectivity index (χ4v) is 2.79. The van der Waals surface area contributed by atoms with E-state index in [0.717, 1.165) is 28.6 Å². The molecule has 1 amide bonds. The second-order valence-corrected chi connectivity index (χ2v) is 6.03. The van der Waals surface area contributed by atoms with Gasteiger partial charge in [-0.05, 0) is 67.3 Å². The predicted octanol–water partition coefficient (Wildman–Crippen LogP) is 3.77. The first-order valence-corrected chi connectivity index (χ1v) is 8.08. The van der Waals surface area contributed by atoms with Crippen molar-refractivity contribution >= 4 is 16.8 Å². The van der Waals surface area contributed by atoms with Gasteiger partial charge in [0.2, 0.25) is 0 Å². The molecule has 24 heavy (non-hydrogen) atoms. The number of amides is 1. The normalized spacial score (nSPS) is 10.8. The summed E-state index contributed by atoms with van der Waals surface area (Å²) < 4.78 is 5.28. The fourth-order valence-electron chi connectivity index (χ4n) is 2.79. The maximum Gasteiger partial charge on any atom is 0.251 e. The van der Waals surface area contributed by atoms with Crippen LogP contribution in [0, 0.1) is 13.8 Å². The molecule has 3 aromatic rings. The number of rotatable bonds is 5. The van der Waals surface area contributed by atoms with E-state index >= 15 is 0 Å². The molecule has 4 nitrogen and oxygen atoms in total.